The summed E-state index contributed by atoms with van der Waals surface area (Å²) in [5.41, 5.74) is 6.46. The highest BCUT2D eigenvalue weighted by molar-refractivity contribution is 7.20. The molecule has 2 atom stereocenters. The lowest BCUT2D eigenvalue weighted by Gasteiger charge is -2.36. The Kier molecular flexibility index (Phi) is 6.73. The van der Waals surface area contributed by atoms with Crippen molar-refractivity contribution < 1.29 is 0 Å². The van der Waals surface area contributed by atoms with E-state index in [4.69, 9.17) is 0 Å². The van der Waals surface area contributed by atoms with Crippen molar-refractivity contribution in [2.45, 2.75) is 12.0 Å². The number of hydrogen-bond donors (Lipinski definition) is 1. The van der Waals surface area contributed by atoms with E-state index in [-0.39, 0.29) is 0 Å². The molecular formula is C41H34N2Si. The van der Waals surface area contributed by atoms with Gasteiger partial charge >= 0.3 is 0 Å². The molecule has 2 aliphatic heterocycles. The molecule has 0 aliphatic carbocycles. The van der Waals surface area contributed by atoms with Gasteiger partial charge in [0.1, 0.15) is 0 Å². The van der Waals surface area contributed by atoms with Crippen molar-refractivity contribution in [3.63, 3.8) is 0 Å². The Hall–Kier alpha value is -5.12. The van der Waals surface area contributed by atoms with E-state index in [0.717, 1.165) is 6.54 Å². The maximum Gasteiger partial charge on any atom is 0.179 e. The Morgan fingerprint density at radius 3 is 1.77 bits per heavy atom. The largest absolute Gasteiger partial charge is 0.389 e. The Morgan fingerprint density at radius 1 is 0.523 bits per heavy atom. The molecule has 0 saturated heterocycles. The van der Waals surface area contributed by atoms with Crippen LogP contribution in [-0.2, 0) is 0 Å². The van der Waals surface area contributed by atoms with Gasteiger partial charge in [0.2, 0.25) is 0 Å². The second-order valence-electron chi connectivity index (χ2n) is 11.8. The van der Waals surface area contributed by atoms with Crippen LogP contribution < -0.4 is 31.0 Å². The molecule has 0 amide bonds. The smallest absolute Gasteiger partial charge is 0.179 e. The Morgan fingerprint density at radius 2 is 1.09 bits per heavy atom. The number of anilines is 2. The molecule has 8 rings (SSSR count). The molecule has 1 N–H and O–H groups in total. The van der Waals surface area contributed by atoms with Crippen LogP contribution in [0.1, 0.15) is 11.5 Å². The van der Waals surface area contributed by atoms with Crippen LogP contribution in [0.25, 0.3) is 11.1 Å². The molecule has 0 saturated carbocycles. The van der Waals surface area contributed by atoms with E-state index in [1.54, 1.807) is 0 Å². The van der Waals surface area contributed by atoms with Crippen LogP contribution in [-0.4, -0.2) is 20.7 Å². The fourth-order valence-electron chi connectivity index (χ4n) is 7.48. The summed E-state index contributed by atoms with van der Waals surface area (Å²) in [7, 11) is -2.75. The van der Waals surface area contributed by atoms with Gasteiger partial charge in [0.25, 0.3) is 0 Å². The monoisotopic (exact) mass is 582 g/mol. The molecule has 0 fully saturated rings. The molecule has 6 aromatic carbocycles. The quantitative estimate of drug-likeness (QED) is 0.179. The fraction of sp³-hybridized carbons (Fsp3) is 0.0732. The van der Waals surface area contributed by atoms with Crippen LogP contribution in [0, 0.1) is 0 Å². The summed E-state index contributed by atoms with van der Waals surface area (Å²) in [6.07, 6.45) is 4.48. The van der Waals surface area contributed by atoms with Gasteiger partial charge in [-0.2, -0.15) is 0 Å². The molecule has 2 aliphatic rings. The van der Waals surface area contributed by atoms with Crippen molar-refractivity contribution in [3.8, 4) is 11.1 Å². The second kappa shape index (κ2) is 11.2. The summed E-state index contributed by atoms with van der Waals surface area (Å²) in [6.45, 7) is 0.916. The van der Waals surface area contributed by atoms with Crippen LogP contribution in [0.15, 0.2) is 176 Å². The van der Waals surface area contributed by atoms with E-state index in [0.29, 0.717) is 12.0 Å². The summed E-state index contributed by atoms with van der Waals surface area (Å²) < 4.78 is 0. The molecule has 0 aromatic heterocycles. The summed E-state index contributed by atoms with van der Waals surface area (Å²) in [4.78, 5) is 2.58. The third kappa shape index (κ3) is 4.32. The highest BCUT2D eigenvalue weighted by Gasteiger charge is 2.44. The van der Waals surface area contributed by atoms with E-state index in [1.165, 1.54) is 48.8 Å². The van der Waals surface area contributed by atoms with E-state index in [9.17, 15) is 0 Å². The van der Waals surface area contributed by atoms with Crippen LogP contribution >= 0.6 is 0 Å². The molecule has 2 heterocycles. The van der Waals surface area contributed by atoms with Crippen LogP contribution in [0.2, 0.25) is 0 Å². The average Bonchev–Trinajstić information content (AvgIpc) is 3.44. The van der Waals surface area contributed by atoms with Crippen molar-refractivity contribution in [2.24, 2.45) is 0 Å². The van der Waals surface area contributed by atoms with Gasteiger partial charge in [0.05, 0.1) is 6.04 Å². The zero-order chi connectivity index (χ0) is 29.3. The minimum Gasteiger partial charge on any atom is -0.389 e. The standard InChI is InChI=1S/C41H34N2Si/c1-5-14-31(15-6-1)32-16-13-23-36(28-32)44(34-19-9-3-10-20-34,35-21-11-4-12-22-35)37-24-25-38-39-26-27-42-30-41(39)43(40(38)29-37)33-17-7-2-8-18-33/h1-29,39,41-42H,30H2. The maximum atomic E-state index is 3.52. The normalized spacial score (nSPS) is 17.0. The van der Waals surface area contributed by atoms with Crippen LogP contribution in [0.5, 0.6) is 0 Å². The van der Waals surface area contributed by atoms with Crippen molar-refractivity contribution in [1.29, 1.82) is 0 Å². The Bertz CT molecular complexity index is 1880. The van der Waals surface area contributed by atoms with E-state index in [1.807, 2.05) is 0 Å². The first-order valence-electron chi connectivity index (χ1n) is 15.5. The minimum atomic E-state index is -2.75. The first-order chi connectivity index (χ1) is 21.8. The molecule has 0 spiro atoms. The van der Waals surface area contributed by atoms with Crippen molar-refractivity contribution in [3.05, 3.63) is 182 Å². The van der Waals surface area contributed by atoms with Gasteiger partial charge in [0, 0.05) is 23.8 Å². The number of nitrogens with one attached hydrogen (secondary N) is 1. The van der Waals surface area contributed by atoms with Gasteiger partial charge in [-0.05, 0) is 61.8 Å². The topological polar surface area (TPSA) is 15.3 Å². The van der Waals surface area contributed by atoms with Crippen molar-refractivity contribution in [1.82, 2.24) is 5.32 Å². The number of hydrogen-bond acceptors (Lipinski definition) is 2. The predicted octanol–water partition coefficient (Wildman–Crippen LogP) is 6.45. The summed E-state index contributed by atoms with van der Waals surface area (Å²) in [5, 5.41) is 9.09. The zero-order valence-electron chi connectivity index (χ0n) is 24.6. The first kappa shape index (κ1) is 26.5. The third-order valence-electron chi connectivity index (χ3n) is 9.43. The van der Waals surface area contributed by atoms with Crippen molar-refractivity contribution in [2.75, 3.05) is 11.4 Å². The molecule has 44 heavy (non-hydrogen) atoms. The minimum absolute atomic E-state index is 0.332. The van der Waals surface area contributed by atoms with Crippen molar-refractivity contribution >= 4 is 40.2 Å². The predicted molar refractivity (Wildman–Crippen MR) is 188 cm³/mol. The number of fused-ring (bicyclic) bond motifs is 3. The molecule has 212 valence electrons. The number of rotatable bonds is 6. The zero-order valence-corrected chi connectivity index (χ0v) is 25.6. The molecule has 0 bridgehead atoms. The van der Waals surface area contributed by atoms with Crippen LogP contribution in [0.3, 0.4) is 0 Å². The summed E-state index contributed by atoms with van der Waals surface area (Å²) >= 11 is 0. The first-order valence-corrected chi connectivity index (χ1v) is 17.5. The number of nitrogens with zero attached hydrogens (tertiary/aromatic N) is 1. The number of para-hydroxylation sites is 1. The molecular weight excluding hydrogens is 549 g/mol. The SMILES string of the molecule is C1=CC2c3ccc([Si](c4ccccc4)(c4ccccc4)c4cccc(-c5ccccc5)c4)cc3N(c3ccccc3)C2CN1. The number of benzene rings is 6. The van der Waals surface area contributed by atoms with E-state index in [2.05, 4.69) is 186 Å². The third-order valence-corrected chi connectivity index (χ3v) is 14.2. The van der Waals surface area contributed by atoms with Gasteiger partial charge in [-0.3, -0.25) is 0 Å². The van der Waals surface area contributed by atoms with Gasteiger partial charge < -0.3 is 10.2 Å². The lowest BCUT2D eigenvalue weighted by Crippen LogP contribution is -2.74. The fourth-order valence-corrected chi connectivity index (χ4v) is 12.3. The lowest BCUT2D eigenvalue weighted by molar-refractivity contribution is 0.575. The lowest BCUT2D eigenvalue weighted by atomic mass is 9.93. The van der Waals surface area contributed by atoms with Crippen LogP contribution in [0.4, 0.5) is 11.4 Å². The summed E-state index contributed by atoms with van der Waals surface area (Å²) in [6, 6.07) is 61.2. The highest BCUT2D eigenvalue weighted by atomic mass is 28.3. The molecule has 0 radical (unpaired) electrons. The molecule has 2 unspecified atom stereocenters. The second-order valence-corrected chi connectivity index (χ2v) is 15.6. The van der Waals surface area contributed by atoms with Gasteiger partial charge in [-0.25, -0.2) is 0 Å². The Balaban J connectivity index is 1.42. The van der Waals surface area contributed by atoms with Gasteiger partial charge in [-0.1, -0.05) is 152 Å². The van der Waals surface area contributed by atoms with Gasteiger partial charge in [-0.15, -0.1) is 0 Å². The van der Waals surface area contributed by atoms with E-state index >= 15 is 0 Å². The van der Waals surface area contributed by atoms with Gasteiger partial charge in [0.15, 0.2) is 8.07 Å². The maximum absolute atomic E-state index is 3.52. The summed E-state index contributed by atoms with van der Waals surface area (Å²) in [5.74, 6) is 0.353. The Labute approximate surface area is 261 Å². The van der Waals surface area contributed by atoms with E-state index < -0.39 is 8.07 Å². The molecule has 6 aromatic rings. The highest BCUT2D eigenvalue weighted by Crippen LogP contribution is 2.46. The molecule has 3 heteroatoms. The molecule has 2 nitrogen and oxygen atoms in total. The average molecular weight is 583 g/mol.